The summed E-state index contributed by atoms with van der Waals surface area (Å²) in [7, 11) is 0. The number of non-ortho nitro benzene ring substituents is 1. The van der Waals surface area contributed by atoms with E-state index in [9.17, 15) is 14.9 Å². The van der Waals surface area contributed by atoms with Crippen LogP contribution in [-0.2, 0) is 6.61 Å². The number of hydrogen-bond donors (Lipinski definition) is 0. The molecule has 0 radical (unpaired) electrons. The topological polar surface area (TPSA) is 109 Å². The first kappa shape index (κ1) is 28.3. The summed E-state index contributed by atoms with van der Waals surface area (Å²) in [5, 5.41) is 16.3. The van der Waals surface area contributed by atoms with Crippen molar-refractivity contribution in [2.45, 2.75) is 39.7 Å². The molecule has 11 heteroatoms. The van der Waals surface area contributed by atoms with Crippen molar-refractivity contribution in [2.24, 2.45) is 5.10 Å². The molecule has 0 aliphatic rings. The third kappa shape index (κ3) is 6.46. The van der Waals surface area contributed by atoms with E-state index in [1.807, 2.05) is 26.8 Å². The van der Waals surface area contributed by atoms with Gasteiger partial charge in [0, 0.05) is 22.5 Å². The molecule has 1 aromatic heterocycles. The van der Waals surface area contributed by atoms with Crippen molar-refractivity contribution in [1.82, 2.24) is 9.66 Å². The van der Waals surface area contributed by atoms with Crippen molar-refractivity contribution >= 4 is 50.3 Å². The molecule has 0 saturated heterocycles. The number of fused-ring (bicyclic) bond motifs is 1. The molecule has 0 fully saturated rings. The van der Waals surface area contributed by atoms with E-state index in [0.29, 0.717) is 46.0 Å². The first-order chi connectivity index (χ1) is 18.7. The van der Waals surface area contributed by atoms with Crippen molar-refractivity contribution in [3.05, 3.63) is 102 Å². The van der Waals surface area contributed by atoms with E-state index in [1.54, 1.807) is 36.4 Å². The molecule has 4 rings (SSSR count). The summed E-state index contributed by atoms with van der Waals surface area (Å²) >= 11 is 9.99. The molecule has 39 heavy (non-hydrogen) atoms. The zero-order chi connectivity index (χ0) is 28.1. The number of nitro benzene ring substituents is 1. The molecule has 1 atom stereocenters. The van der Waals surface area contributed by atoms with Crippen molar-refractivity contribution < 1.29 is 14.4 Å². The van der Waals surface area contributed by atoms with E-state index in [1.165, 1.54) is 23.0 Å². The van der Waals surface area contributed by atoms with Crippen LogP contribution in [0.4, 0.5) is 5.69 Å². The van der Waals surface area contributed by atoms with Crippen LogP contribution in [-0.4, -0.2) is 27.4 Å². The van der Waals surface area contributed by atoms with Gasteiger partial charge in [0.1, 0.15) is 12.4 Å². The molecule has 0 N–H and O–H groups in total. The zero-order valence-electron chi connectivity index (χ0n) is 21.6. The summed E-state index contributed by atoms with van der Waals surface area (Å²) in [6.07, 6.45) is 2.30. The Bertz CT molecular complexity index is 1620. The number of hydrogen-bond acceptors (Lipinski definition) is 7. The maximum atomic E-state index is 13.4. The Balaban J connectivity index is 1.69. The standard InChI is InChI=1S/C28H26BrClN4O5/c1-4-17(3)27-32-24-10-9-20(29)14-22(24)28(35)33(27)31-15-19-12-23(30)26(25(13-19)38-5-2)39-16-18-7-6-8-21(11-18)34(36)37/h6-15,17H,4-5,16H2,1-3H3/t17-/m1/s1. The Kier molecular flexibility index (Phi) is 8.98. The van der Waals surface area contributed by atoms with Crippen molar-refractivity contribution in [2.75, 3.05) is 6.61 Å². The summed E-state index contributed by atoms with van der Waals surface area (Å²) in [6.45, 7) is 6.26. The fourth-order valence-corrected chi connectivity index (χ4v) is 4.52. The minimum absolute atomic E-state index is 0.00458. The molecule has 0 aliphatic heterocycles. The maximum absolute atomic E-state index is 13.4. The van der Waals surface area contributed by atoms with Gasteiger partial charge in [-0.1, -0.05) is 53.5 Å². The molecule has 0 saturated carbocycles. The normalized spacial score (nSPS) is 12.1. The predicted molar refractivity (Wildman–Crippen MR) is 155 cm³/mol. The van der Waals surface area contributed by atoms with Crippen LogP contribution < -0.4 is 15.0 Å². The maximum Gasteiger partial charge on any atom is 0.282 e. The molecule has 1 heterocycles. The van der Waals surface area contributed by atoms with Crippen LogP contribution in [0.3, 0.4) is 0 Å². The average molecular weight is 614 g/mol. The summed E-state index contributed by atoms with van der Waals surface area (Å²) in [4.78, 5) is 28.7. The Hall–Kier alpha value is -3.76. The third-order valence-electron chi connectivity index (χ3n) is 6.05. The second kappa shape index (κ2) is 12.4. The lowest BCUT2D eigenvalue weighted by Crippen LogP contribution is -2.23. The van der Waals surface area contributed by atoms with E-state index in [0.717, 1.165) is 10.9 Å². The largest absolute Gasteiger partial charge is 0.490 e. The van der Waals surface area contributed by atoms with E-state index in [4.69, 9.17) is 26.1 Å². The van der Waals surface area contributed by atoms with Crippen LogP contribution in [0.25, 0.3) is 10.9 Å². The molecule has 0 spiro atoms. The molecular formula is C28H26BrClN4O5. The minimum Gasteiger partial charge on any atom is -0.490 e. The highest BCUT2D eigenvalue weighted by atomic mass is 79.9. The third-order valence-corrected chi connectivity index (χ3v) is 6.82. The highest BCUT2D eigenvalue weighted by Gasteiger charge is 2.17. The molecule has 202 valence electrons. The van der Waals surface area contributed by atoms with E-state index >= 15 is 0 Å². The molecule has 9 nitrogen and oxygen atoms in total. The van der Waals surface area contributed by atoms with E-state index in [2.05, 4.69) is 21.0 Å². The number of nitro groups is 1. The first-order valence-electron chi connectivity index (χ1n) is 12.3. The average Bonchev–Trinajstić information content (AvgIpc) is 2.92. The van der Waals surface area contributed by atoms with Gasteiger partial charge < -0.3 is 9.47 Å². The van der Waals surface area contributed by atoms with Crippen LogP contribution in [0.15, 0.2) is 69.0 Å². The zero-order valence-corrected chi connectivity index (χ0v) is 23.9. The van der Waals surface area contributed by atoms with Crippen molar-refractivity contribution in [1.29, 1.82) is 0 Å². The number of ether oxygens (including phenoxy) is 2. The lowest BCUT2D eigenvalue weighted by atomic mass is 10.1. The van der Waals surface area contributed by atoms with Gasteiger partial charge in [0.25, 0.3) is 11.2 Å². The fraction of sp³-hybridized carbons (Fsp3) is 0.250. The minimum atomic E-state index is -0.460. The van der Waals surface area contributed by atoms with Crippen LogP contribution in [0, 0.1) is 10.1 Å². The van der Waals surface area contributed by atoms with Gasteiger partial charge in [0.15, 0.2) is 11.5 Å². The highest BCUT2D eigenvalue weighted by molar-refractivity contribution is 9.10. The van der Waals surface area contributed by atoms with Crippen molar-refractivity contribution in [3.8, 4) is 11.5 Å². The highest BCUT2D eigenvalue weighted by Crippen LogP contribution is 2.37. The van der Waals surface area contributed by atoms with E-state index < -0.39 is 4.92 Å². The van der Waals surface area contributed by atoms with Gasteiger partial charge >= 0.3 is 0 Å². The Morgan fingerprint density at radius 2 is 1.97 bits per heavy atom. The van der Waals surface area contributed by atoms with Crippen LogP contribution in [0.5, 0.6) is 11.5 Å². The molecular weight excluding hydrogens is 588 g/mol. The van der Waals surface area contributed by atoms with Gasteiger partial charge in [0.2, 0.25) is 0 Å². The number of benzene rings is 3. The van der Waals surface area contributed by atoms with Gasteiger partial charge in [-0.25, -0.2) is 4.98 Å². The van der Waals surface area contributed by atoms with Gasteiger partial charge in [-0.15, -0.1) is 0 Å². The molecule has 3 aromatic carbocycles. The number of nitrogens with zero attached hydrogens (tertiary/aromatic N) is 4. The Labute approximate surface area is 238 Å². The van der Waals surface area contributed by atoms with Crippen LogP contribution in [0.1, 0.15) is 50.1 Å². The molecule has 0 amide bonds. The van der Waals surface area contributed by atoms with Crippen LogP contribution >= 0.6 is 27.5 Å². The van der Waals surface area contributed by atoms with Gasteiger partial charge in [-0.05, 0) is 54.8 Å². The van der Waals surface area contributed by atoms with Crippen LogP contribution in [0.2, 0.25) is 5.02 Å². The monoisotopic (exact) mass is 612 g/mol. The Morgan fingerprint density at radius 1 is 1.18 bits per heavy atom. The molecule has 0 bridgehead atoms. The van der Waals surface area contributed by atoms with E-state index in [-0.39, 0.29) is 28.8 Å². The molecule has 0 unspecified atom stereocenters. The summed E-state index contributed by atoms with van der Waals surface area (Å²) < 4.78 is 13.8. The summed E-state index contributed by atoms with van der Waals surface area (Å²) in [5.74, 6) is 1.24. The van der Waals surface area contributed by atoms with Gasteiger partial charge in [-0.3, -0.25) is 14.9 Å². The summed E-state index contributed by atoms with van der Waals surface area (Å²) in [5.41, 5.74) is 1.50. The lowest BCUT2D eigenvalue weighted by Gasteiger charge is -2.15. The SMILES string of the molecule is CCOc1cc(C=Nn2c([C@H](C)CC)nc3ccc(Br)cc3c2=O)cc(Cl)c1OCc1cccc([N+](=O)[O-])c1. The smallest absolute Gasteiger partial charge is 0.282 e. The number of aromatic nitrogens is 2. The fourth-order valence-electron chi connectivity index (χ4n) is 3.88. The quantitative estimate of drug-likeness (QED) is 0.107. The van der Waals surface area contributed by atoms with Gasteiger partial charge in [0.05, 0.1) is 33.7 Å². The number of rotatable bonds is 10. The first-order valence-corrected chi connectivity index (χ1v) is 13.5. The molecule has 4 aromatic rings. The van der Waals surface area contributed by atoms with Gasteiger partial charge in [-0.2, -0.15) is 9.78 Å². The van der Waals surface area contributed by atoms with Crippen molar-refractivity contribution in [3.63, 3.8) is 0 Å². The predicted octanol–water partition coefficient (Wildman–Crippen LogP) is 7.09. The second-order valence-electron chi connectivity index (χ2n) is 8.78. The summed E-state index contributed by atoms with van der Waals surface area (Å²) in [6, 6.07) is 14.9. The molecule has 0 aliphatic carbocycles. The lowest BCUT2D eigenvalue weighted by molar-refractivity contribution is -0.384. The Morgan fingerprint density at radius 3 is 2.69 bits per heavy atom. The number of halogens is 2. The second-order valence-corrected chi connectivity index (χ2v) is 10.1.